The number of hydrogen-bond acceptors (Lipinski definition) is 5. The highest BCUT2D eigenvalue weighted by atomic mass is 32.2. The summed E-state index contributed by atoms with van der Waals surface area (Å²) in [5.41, 5.74) is 0.573. The van der Waals surface area contributed by atoms with Crippen molar-refractivity contribution in [3.63, 3.8) is 0 Å². The second-order valence-corrected chi connectivity index (χ2v) is 8.52. The number of aromatic nitrogens is 1. The third-order valence-electron chi connectivity index (χ3n) is 4.06. The molecule has 3 aromatic rings. The maximum atomic E-state index is 12.8. The van der Waals surface area contributed by atoms with E-state index in [2.05, 4.69) is 15.6 Å². The molecule has 0 fully saturated rings. The molecule has 0 radical (unpaired) electrons. The second kappa shape index (κ2) is 9.97. The van der Waals surface area contributed by atoms with E-state index in [-0.39, 0.29) is 17.2 Å². The van der Waals surface area contributed by atoms with Gasteiger partial charge in [-0.2, -0.15) is 13.2 Å². The Balaban J connectivity index is 1.83. The molecule has 10 heteroatoms. The second-order valence-electron chi connectivity index (χ2n) is 6.29. The lowest BCUT2D eigenvalue weighted by Gasteiger charge is -2.08. The van der Waals surface area contributed by atoms with Gasteiger partial charge in [0.15, 0.2) is 4.34 Å². The van der Waals surface area contributed by atoms with Crippen LogP contribution < -0.4 is 10.6 Å². The summed E-state index contributed by atoms with van der Waals surface area (Å²) in [7, 11) is 0. The molecule has 0 aliphatic carbocycles. The normalized spacial score (nSPS) is 11.2. The highest BCUT2D eigenvalue weighted by molar-refractivity contribution is 8.01. The van der Waals surface area contributed by atoms with Gasteiger partial charge >= 0.3 is 6.18 Å². The molecule has 2 aromatic carbocycles. The van der Waals surface area contributed by atoms with Gasteiger partial charge in [0.25, 0.3) is 5.91 Å². The van der Waals surface area contributed by atoms with E-state index >= 15 is 0 Å². The monoisotopic (exact) mass is 465 g/mol. The van der Waals surface area contributed by atoms with Crippen molar-refractivity contribution < 1.29 is 22.8 Å². The minimum atomic E-state index is -4.47. The van der Waals surface area contributed by atoms with Gasteiger partial charge in [0.1, 0.15) is 10.7 Å². The van der Waals surface area contributed by atoms with Gasteiger partial charge in [0.2, 0.25) is 5.91 Å². The fourth-order valence-electron chi connectivity index (χ4n) is 2.60. The van der Waals surface area contributed by atoms with E-state index in [4.69, 9.17) is 0 Å². The Morgan fingerprint density at radius 2 is 1.74 bits per heavy atom. The third kappa shape index (κ3) is 6.08. The quantitative estimate of drug-likeness (QED) is 0.464. The molecule has 2 amide bonds. The van der Waals surface area contributed by atoms with E-state index in [0.717, 1.165) is 29.8 Å². The highest BCUT2D eigenvalue weighted by Gasteiger charge is 2.30. The van der Waals surface area contributed by atoms with Crippen molar-refractivity contribution in [3.8, 4) is 11.3 Å². The van der Waals surface area contributed by atoms with E-state index in [9.17, 15) is 22.8 Å². The van der Waals surface area contributed by atoms with Gasteiger partial charge in [-0.3, -0.25) is 9.59 Å². The van der Waals surface area contributed by atoms with Crippen LogP contribution in [0.25, 0.3) is 11.3 Å². The zero-order valence-corrected chi connectivity index (χ0v) is 18.0. The predicted octanol–water partition coefficient (Wildman–Crippen LogP) is 5.31. The van der Waals surface area contributed by atoms with Crippen LogP contribution in [0.2, 0.25) is 0 Å². The SMILES string of the molecule is CCNC(=O)CSc1nc(-c2ccccc2)c(NC(=O)c2ccc(C(F)(F)F)cc2)s1. The van der Waals surface area contributed by atoms with Crippen LogP contribution >= 0.6 is 23.1 Å². The van der Waals surface area contributed by atoms with Crippen LogP contribution in [0, 0.1) is 0 Å². The minimum absolute atomic E-state index is 0.0944. The molecule has 0 spiro atoms. The molecule has 0 saturated heterocycles. The van der Waals surface area contributed by atoms with Crippen molar-refractivity contribution in [1.82, 2.24) is 10.3 Å². The average molecular weight is 466 g/mol. The lowest BCUT2D eigenvalue weighted by Crippen LogP contribution is -2.24. The zero-order chi connectivity index (χ0) is 22.4. The first kappa shape index (κ1) is 22.8. The Labute approximate surface area is 185 Å². The van der Waals surface area contributed by atoms with Crippen molar-refractivity contribution in [3.05, 3.63) is 65.7 Å². The van der Waals surface area contributed by atoms with Gasteiger partial charge in [-0.1, -0.05) is 53.4 Å². The van der Waals surface area contributed by atoms with E-state index in [0.29, 0.717) is 21.6 Å². The predicted molar refractivity (Wildman–Crippen MR) is 116 cm³/mol. The summed E-state index contributed by atoms with van der Waals surface area (Å²) in [6.45, 7) is 2.36. The first-order chi connectivity index (χ1) is 14.8. The maximum absolute atomic E-state index is 12.8. The molecule has 1 aromatic heterocycles. The molecule has 0 aliphatic heterocycles. The van der Waals surface area contributed by atoms with Gasteiger partial charge in [0, 0.05) is 17.7 Å². The molecule has 2 N–H and O–H groups in total. The Bertz CT molecular complexity index is 1050. The number of alkyl halides is 3. The van der Waals surface area contributed by atoms with Gasteiger partial charge in [-0.05, 0) is 31.2 Å². The summed E-state index contributed by atoms with van der Waals surface area (Å²) in [4.78, 5) is 28.9. The zero-order valence-electron chi connectivity index (χ0n) is 16.3. The maximum Gasteiger partial charge on any atom is 0.416 e. The number of nitrogens with zero attached hydrogens (tertiary/aromatic N) is 1. The van der Waals surface area contributed by atoms with Crippen molar-refractivity contribution in [2.75, 3.05) is 17.6 Å². The van der Waals surface area contributed by atoms with E-state index in [1.165, 1.54) is 23.1 Å². The minimum Gasteiger partial charge on any atom is -0.356 e. The fourth-order valence-corrected chi connectivity index (χ4v) is 4.49. The smallest absolute Gasteiger partial charge is 0.356 e. The first-order valence-corrected chi connectivity index (χ1v) is 11.0. The van der Waals surface area contributed by atoms with Gasteiger partial charge in [-0.25, -0.2) is 4.98 Å². The summed E-state index contributed by atoms with van der Waals surface area (Å²) < 4.78 is 38.8. The Kier molecular flexibility index (Phi) is 7.34. The number of benzene rings is 2. The topological polar surface area (TPSA) is 71.1 Å². The first-order valence-electron chi connectivity index (χ1n) is 9.22. The van der Waals surface area contributed by atoms with Crippen molar-refractivity contribution in [1.29, 1.82) is 0 Å². The molecular weight excluding hydrogens is 447 g/mol. The summed E-state index contributed by atoms with van der Waals surface area (Å²) in [5.74, 6) is -0.490. The van der Waals surface area contributed by atoms with Crippen LogP contribution in [-0.2, 0) is 11.0 Å². The Morgan fingerprint density at radius 1 is 1.06 bits per heavy atom. The Hall–Kier alpha value is -2.85. The van der Waals surface area contributed by atoms with Crippen LogP contribution in [0.15, 0.2) is 58.9 Å². The standard InChI is InChI=1S/C21H18F3N3O2S2/c1-2-25-16(28)12-30-20-26-17(13-6-4-3-5-7-13)19(31-20)27-18(29)14-8-10-15(11-9-14)21(22,23)24/h3-11H,2,12H2,1H3,(H,25,28)(H,27,29). The van der Waals surface area contributed by atoms with E-state index < -0.39 is 17.6 Å². The van der Waals surface area contributed by atoms with Crippen LogP contribution in [-0.4, -0.2) is 29.1 Å². The number of thioether (sulfide) groups is 1. The number of amides is 2. The molecule has 162 valence electrons. The molecule has 1 heterocycles. The van der Waals surface area contributed by atoms with Crippen molar-refractivity contribution in [2.45, 2.75) is 17.4 Å². The molecule has 5 nitrogen and oxygen atoms in total. The molecule has 0 unspecified atom stereocenters. The number of carbonyl (C=O) groups excluding carboxylic acids is 2. The van der Waals surface area contributed by atoms with Gasteiger partial charge in [-0.15, -0.1) is 0 Å². The highest BCUT2D eigenvalue weighted by Crippen LogP contribution is 2.38. The molecule has 3 rings (SSSR count). The lowest BCUT2D eigenvalue weighted by molar-refractivity contribution is -0.137. The fraction of sp³-hybridized carbons (Fsp3) is 0.190. The van der Waals surface area contributed by atoms with Crippen LogP contribution in [0.4, 0.5) is 18.2 Å². The van der Waals surface area contributed by atoms with E-state index in [1.54, 1.807) is 0 Å². The van der Waals surface area contributed by atoms with Gasteiger partial charge in [0.05, 0.1) is 11.3 Å². The number of hydrogen-bond donors (Lipinski definition) is 2. The van der Waals surface area contributed by atoms with Crippen molar-refractivity contribution in [2.24, 2.45) is 0 Å². The molecule has 0 bridgehead atoms. The molecule has 0 saturated carbocycles. The van der Waals surface area contributed by atoms with Crippen LogP contribution in [0.5, 0.6) is 0 Å². The van der Waals surface area contributed by atoms with Crippen molar-refractivity contribution >= 4 is 39.9 Å². The Morgan fingerprint density at radius 3 is 2.35 bits per heavy atom. The number of anilines is 1. The number of nitrogens with one attached hydrogen (secondary N) is 2. The molecular formula is C21H18F3N3O2S2. The summed E-state index contributed by atoms with van der Waals surface area (Å²) in [6, 6.07) is 13.2. The largest absolute Gasteiger partial charge is 0.416 e. The molecule has 0 aliphatic rings. The molecule has 0 atom stereocenters. The number of rotatable bonds is 7. The lowest BCUT2D eigenvalue weighted by atomic mass is 10.1. The number of halogens is 3. The van der Waals surface area contributed by atoms with Crippen LogP contribution in [0.1, 0.15) is 22.8 Å². The number of carbonyl (C=O) groups is 2. The summed E-state index contributed by atoms with van der Waals surface area (Å²) >= 11 is 2.45. The number of thiazole rings is 1. The molecule has 31 heavy (non-hydrogen) atoms. The van der Waals surface area contributed by atoms with Crippen LogP contribution in [0.3, 0.4) is 0 Å². The average Bonchev–Trinajstić information content (AvgIpc) is 3.15. The summed E-state index contributed by atoms with van der Waals surface area (Å²) in [5, 5.41) is 5.90. The van der Waals surface area contributed by atoms with E-state index in [1.807, 2.05) is 37.3 Å². The van der Waals surface area contributed by atoms with Gasteiger partial charge < -0.3 is 10.6 Å². The summed E-state index contributed by atoms with van der Waals surface area (Å²) in [6.07, 6.45) is -4.47. The third-order valence-corrected chi connectivity index (χ3v) is 6.17.